The van der Waals surface area contributed by atoms with Crippen LogP contribution in [-0.4, -0.2) is 7.11 Å². The predicted octanol–water partition coefficient (Wildman–Crippen LogP) is 3.85. The third-order valence-electron chi connectivity index (χ3n) is 2.59. The smallest absolute Gasteiger partial charge is 0.166 e. The molecule has 0 aliphatic rings. The first-order valence-corrected chi connectivity index (χ1v) is 6.43. The average Bonchev–Trinajstić information content (AvgIpc) is 2.42. The van der Waals surface area contributed by atoms with Crippen molar-refractivity contribution in [1.82, 2.24) is 0 Å². The van der Waals surface area contributed by atoms with Gasteiger partial charge in [-0.2, -0.15) is 0 Å². The molecule has 100 valence electrons. The molecular weight excluding hydrogens is 313 g/mol. The van der Waals surface area contributed by atoms with Crippen LogP contribution in [-0.2, 0) is 6.54 Å². The van der Waals surface area contributed by atoms with E-state index in [1.165, 1.54) is 6.07 Å². The summed E-state index contributed by atoms with van der Waals surface area (Å²) < 4.78 is 25.1. The van der Waals surface area contributed by atoms with Crippen molar-refractivity contribution in [3.05, 3.63) is 52.3 Å². The van der Waals surface area contributed by atoms with Crippen LogP contribution in [0.2, 0.25) is 0 Å². The van der Waals surface area contributed by atoms with Gasteiger partial charge in [0.05, 0.1) is 11.6 Å². The summed E-state index contributed by atoms with van der Waals surface area (Å²) in [5.41, 5.74) is 6.17. The molecule has 0 aromatic heterocycles. The van der Waals surface area contributed by atoms with Gasteiger partial charge in [0.25, 0.3) is 0 Å². The van der Waals surface area contributed by atoms with Crippen molar-refractivity contribution in [2.75, 3.05) is 7.11 Å². The molecule has 0 heterocycles. The molecular formula is C14H13BrFNO2. The van der Waals surface area contributed by atoms with Crippen LogP contribution < -0.4 is 15.2 Å². The zero-order valence-electron chi connectivity index (χ0n) is 10.3. The van der Waals surface area contributed by atoms with Gasteiger partial charge in [0.2, 0.25) is 0 Å². The van der Waals surface area contributed by atoms with Crippen LogP contribution in [0.15, 0.2) is 40.9 Å². The van der Waals surface area contributed by atoms with E-state index < -0.39 is 5.82 Å². The maximum Gasteiger partial charge on any atom is 0.166 e. The van der Waals surface area contributed by atoms with Crippen LogP contribution >= 0.6 is 15.9 Å². The minimum absolute atomic E-state index is 0.156. The summed E-state index contributed by atoms with van der Waals surface area (Å²) in [6.07, 6.45) is 0. The van der Waals surface area contributed by atoms with Crippen molar-refractivity contribution < 1.29 is 13.9 Å². The van der Waals surface area contributed by atoms with Gasteiger partial charge in [-0.05, 0) is 51.8 Å². The van der Waals surface area contributed by atoms with Crippen molar-refractivity contribution in [3.8, 4) is 17.2 Å². The Morgan fingerprint density at radius 2 is 1.89 bits per heavy atom. The van der Waals surface area contributed by atoms with Crippen LogP contribution in [0, 0.1) is 5.82 Å². The molecule has 0 amide bonds. The van der Waals surface area contributed by atoms with Gasteiger partial charge in [-0.25, -0.2) is 4.39 Å². The summed E-state index contributed by atoms with van der Waals surface area (Å²) >= 11 is 3.35. The Kier molecular flexibility index (Phi) is 4.39. The van der Waals surface area contributed by atoms with E-state index in [-0.39, 0.29) is 5.75 Å². The van der Waals surface area contributed by atoms with E-state index in [1.54, 1.807) is 37.4 Å². The van der Waals surface area contributed by atoms with Crippen LogP contribution in [0.25, 0.3) is 0 Å². The van der Waals surface area contributed by atoms with Crippen molar-refractivity contribution in [2.24, 2.45) is 5.73 Å². The highest BCUT2D eigenvalue weighted by atomic mass is 79.9. The molecule has 2 aromatic rings. The molecule has 0 aliphatic heterocycles. The first-order chi connectivity index (χ1) is 9.13. The quantitative estimate of drug-likeness (QED) is 0.928. The molecule has 5 heteroatoms. The second-order valence-electron chi connectivity index (χ2n) is 3.87. The maximum absolute atomic E-state index is 13.8. The van der Waals surface area contributed by atoms with Crippen LogP contribution in [0.1, 0.15) is 5.56 Å². The summed E-state index contributed by atoms with van der Waals surface area (Å²) in [4.78, 5) is 0. The van der Waals surface area contributed by atoms with Crippen molar-refractivity contribution >= 4 is 15.9 Å². The van der Waals surface area contributed by atoms with E-state index in [0.717, 1.165) is 5.56 Å². The van der Waals surface area contributed by atoms with Gasteiger partial charge in [-0.15, -0.1) is 0 Å². The Bertz CT molecular complexity index is 538. The molecule has 2 rings (SSSR count). The lowest BCUT2D eigenvalue weighted by molar-refractivity contribution is 0.410. The molecule has 2 N–H and O–H groups in total. The Balaban J connectivity index is 2.26. The van der Waals surface area contributed by atoms with Crippen molar-refractivity contribution in [2.45, 2.75) is 6.54 Å². The molecule has 0 saturated carbocycles. The van der Waals surface area contributed by atoms with E-state index in [1.807, 2.05) is 0 Å². The molecule has 0 spiro atoms. The normalized spacial score (nSPS) is 10.3. The van der Waals surface area contributed by atoms with E-state index >= 15 is 0 Å². The molecule has 2 aromatic carbocycles. The standard InChI is InChI=1S/C14H13BrFNO2/c1-18-10-3-5-13(11(15)7-10)19-14-4-2-9(8-17)6-12(14)16/h2-7H,8,17H2,1H3. The van der Waals surface area contributed by atoms with Gasteiger partial charge in [-0.3, -0.25) is 0 Å². The van der Waals surface area contributed by atoms with Crippen LogP contribution in [0.5, 0.6) is 17.2 Å². The monoisotopic (exact) mass is 325 g/mol. The van der Waals surface area contributed by atoms with E-state index in [0.29, 0.717) is 22.5 Å². The summed E-state index contributed by atoms with van der Waals surface area (Å²) in [5, 5.41) is 0. The van der Waals surface area contributed by atoms with Crippen LogP contribution in [0.3, 0.4) is 0 Å². The molecule has 0 atom stereocenters. The number of hydrogen-bond acceptors (Lipinski definition) is 3. The molecule has 19 heavy (non-hydrogen) atoms. The third kappa shape index (κ3) is 3.24. The Morgan fingerprint density at radius 3 is 2.47 bits per heavy atom. The molecule has 0 radical (unpaired) electrons. The minimum atomic E-state index is -0.439. The van der Waals surface area contributed by atoms with Gasteiger partial charge >= 0.3 is 0 Å². The van der Waals surface area contributed by atoms with Gasteiger partial charge in [0.1, 0.15) is 11.5 Å². The zero-order chi connectivity index (χ0) is 13.8. The number of benzene rings is 2. The van der Waals surface area contributed by atoms with E-state index in [4.69, 9.17) is 15.2 Å². The SMILES string of the molecule is COc1ccc(Oc2ccc(CN)cc2F)c(Br)c1. The number of ether oxygens (including phenoxy) is 2. The fourth-order valence-electron chi connectivity index (χ4n) is 1.56. The number of nitrogens with two attached hydrogens (primary N) is 1. The second kappa shape index (κ2) is 6.04. The highest BCUT2D eigenvalue weighted by Gasteiger charge is 2.09. The Labute approximate surface area is 119 Å². The number of methoxy groups -OCH3 is 1. The highest BCUT2D eigenvalue weighted by Crippen LogP contribution is 2.33. The van der Waals surface area contributed by atoms with E-state index in [2.05, 4.69) is 15.9 Å². The lowest BCUT2D eigenvalue weighted by atomic mass is 10.2. The topological polar surface area (TPSA) is 44.5 Å². The van der Waals surface area contributed by atoms with Gasteiger partial charge in [-0.1, -0.05) is 6.07 Å². The molecule has 0 bridgehead atoms. The molecule has 0 fully saturated rings. The third-order valence-corrected chi connectivity index (χ3v) is 3.21. The number of rotatable bonds is 4. The molecule has 0 aliphatic carbocycles. The summed E-state index contributed by atoms with van der Waals surface area (Å²) in [5.74, 6) is 0.923. The summed E-state index contributed by atoms with van der Waals surface area (Å²) in [6, 6.07) is 9.86. The average molecular weight is 326 g/mol. The minimum Gasteiger partial charge on any atom is -0.497 e. The molecule has 0 unspecified atom stereocenters. The fraction of sp³-hybridized carbons (Fsp3) is 0.143. The first-order valence-electron chi connectivity index (χ1n) is 5.64. The highest BCUT2D eigenvalue weighted by molar-refractivity contribution is 9.10. The predicted molar refractivity (Wildman–Crippen MR) is 75.1 cm³/mol. The summed E-state index contributed by atoms with van der Waals surface area (Å²) in [6.45, 7) is 0.295. The van der Waals surface area contributed by atoms with Crippen LogP contribution in [0.4, 0.5) is 4.39 Å². The van der Waals surface area contributed by atoms with Gasteiger partial charge < -0.3 is 15.2 Å². The zero-order valence-corrected chi connectivity index (χ0v) is 11.9. The molecule has 3 nitrogen and oxygen atoms in total. The molecule has 0 saturated heterocycles. The second-order valence-corrected chi connectivity index (χ2v) is 4.72. The van der Waals surface area contributed by atoms with Gasteiger partial charge in [0.15, 0.2) is 11.6 Å². The van der Waals surface area contributed by atoms with Crippen molar-refractivity contribution in [3.63, 3.8) is 0 Å². The first kappa shape index (κ1) is 13.8. The van der Waals surface area contributed by atoms with Crippen molar-refractivity contribution in [1.29, 1.82) is 0 Å². The lowest BCUT2D eigenvalue weighted by Crippen LogP contribution is -1.98. The summed E-state index contributed by atoms with van der Waals surface area (Å²) in [7, 11) is 1.58. The largest absolute Gasteiger partial charge is 0.497 e. The fourth-order valence-corrected chi connectivity index (χ4v) is 2.00. The maximum atomic E-state index is 13.8. The van der Waals surface area contributed by atoms with Gasteiger partial charge in [0, 0.05) is 6.54 Å². The number of halogens is 2. The Hall–Kier alpha value is -1.59. The number of hydrogen-bond donors (Lipinski definition) is 1. The van der Waals surface area contributed by atoms with E-state index in [9.17, 15) is 4.39 Å². The Morgan fingerprint density at radius 1 is 1.16 bits per heavy atom. The lowest BCUT2D eigenvalue weighted by Gasteiger charge is -2.10.